The molecule has 0 spiro atoms. The van der Waals surface area contributed by atoms with Crippen LogP contribution in [0.15, 0.2) is 24.3 Å². The summed E-state index contributed by atoms with van der Waals surface area (Å²) in [5, 5.41) is 0. The summed E-state index contributed by atoms with van der Waals surface area (Å²) in [6.45, 7) is 5.05. The molecule has 0 amide bonds. The molecule has 1 aromatic rings. The minimum absolute atomic E-state index is 0.0985. The number of benzene rings is 1. The Balaban J connectivity index is 1.75. The molecule has 2 nitrogen and oxygen atoms in total. The van der Waals surface area contributed by atoms with Crippen LogP contribution in [0.2, 0.25) is 0 Å². The van der Waals surface area contributed by atoms with Gasteiger partial charge in [0.15, 0.2) is 0 Å². The fourth-order valence-electron chi connectivity index (χ4n) is 2.29. The van der Waals surface area contributed by atoms with Crippen molar-refractivity contribution in [3.8, 4) is 5.75 Å². The Hall–Kier alpha value is -1.02. The number of hydrogen-bond donors (Lipinski definition) is 0. The molecule has 1 aromatic carbocycles. The van der Waals surface area contributed by atoms with Gasteiger partial charge in [-0.15, -0.1) is 0 Å². The van der Waals surface area contributed by atoms with Gasteiger partial charge in [0.25, 0.3) is 0 Å². The second-order valence-corrected chi connectivity index (χ2v) is 5.05. The predicted octanol–water partition coefficient (Wildman–Crippen LogP) is 3.19. The van der Waals surface area contributed by atoms with Gasteiger partial charge < -0.3 is 9.47 Å². The van der Waals surface area contributed by atoms with Crippen molar-refractivity contribution in [2.24, 2.45) is 5.92 Å². The van der Waals surface area contributed by atoms with Crippen LogP contribution < -0.4 is 4.74 Å². The van der Waals surface area contributed by atoms with E-state index in [9.17, 15) is 0 Å². The van der Waals surface area contributed by atoms with Crippen molar-refractivity contribution in [3.63, 3.8) is 0 Å². The first kappa shape index (κ1) is 11.5. The predicted molar refractivity (Wildman–Crippen MR) is 64.8 cm³/mol. The molecule has 1 aliphatic rings. The van der Waals surface area contributed by atoms with E-state index in [1.165, 1.54) is 5.56 Å². The molecule has 0 aliphatic heterocycles. The van der Waals surface area contributed by atoms with Crippen molar-refractivity contribution in [1.29, 1.82) is 0 Å². The number of methoxy groups -OCH3 is 1. The summed E-state index contributed by atoms with van der Waals surface area (Å²) in [6.07, 6.45) is 2.21. The van der Waals surface area contributed by atoms with Crippen molar-refractivity contribution in [3.05, 3.63) is 29.8 Å². The highest BCUT2D eigenvalue weighted by Crippen LogP contribution is 2.40. The summed E-state index contributed by atoms with van der Waals surface area (Å²) in [5.74, 6) is 1.61. The Morgan fingerprint density at radius 3 is 2.44 bits per heavy atom. The average molecular weight is 220 g/mol. The molecule has 0 N–H and O–H groups in total. The Kier molecular flexibility index (Phi) is 3.20. The van der Waals surface area contributed by atoms with E-state index in [-0.39, 0.29) is 5.60 Å². The zero-order valence-electron chi connectivity index (χ0n) is 10.3. The van der Waals surface area contributed by atoms with Crippen LogP contribution in [0.5, 0.6) is 5.75 Å². The second kappa shape index (κ2) is 4.46. The van der Waals surface area contributed by atoms with E-state index in [1.807, 2.05) is 12.1 Å². The van der Waals surface area contributed by atoms with E-state index in [1.54, 1.807) is 7.11 Å². The fraction of sp³-hybridized carbons (Fsp3) is 0.571. The molecule has 0 atom stereocenters. The average Bonchev–Trinajstić information content (AvgIpc) is 2.25. The zero-order chi connectivity index (χ0) is 11.6. The van der Waals surface area contributed by atoms with Gasteiger partial charge in [0, 0.05) is 7.11 Å². The van der Waals surface area contributed by atoms with Crippen LogP contribution in [0.4, 0.5) is 0 Å². The van der Waals surface area contributed by atoms with E-state index in [4.69, 9.17) is 9.47 Å². The van der Waals surface area contributed by atoms with Gasteiger partial charge in [-0.2, -0.15) is 0 Å². The van der Waals surface area contributed by atoms with Crippen molar-refractivity contribution in [1.82, 2.24) is 0 Å². The minimum Gasteiger partial charge on any atom is -0.493 e. The van der Waals surface area contributed by atoms with Crippen LogP contribution in [0.1, 0.15) is 25.3 Å². The lowest BCUT2D eigenvalue weighted by Gasteiger charge is -2.43. The molecule has 0 unspecified atom stereocenters. The molecule has 2 rings (SSSR count). The Morgan fingerprint density at radius 2 is 1.88 bits per heavy atom. The summed E-state index contributed by atoms with van der Waals surface area (Å²) in [6, 6.07) is 8.22. The van der Waals surface area contributed by atoms with Gasteiger partial charge in [-0.1, -0.05) is 17.7 Å². The molecule has 0 radical (unpaired) electrons. The Labute approximate surface area is 97.6 Å². The first-order valence-electron chi connectivity index (χ1n) is 5.86. The van der Waals surface area contributed by atoms with Crippen molar-refractivity contribution in [2.45, 2.75) is 32.3 Å². The highest BCUT2D eigenvalue weighted by molar-refractivity contribution is 5.26. The monoisotopic (exact) mass is 220 g/mol. The van der Waals surface area contributed by atoms with Crippen LogP contribution in [0.25, 0.3) is 0 Å². The van der Waals surface area contributed by atoms with Gasteiger partial charge in [0.05, 0.1) is 12.2 Å². The molecule has 88 valence electrons. The van der Waals surface area contributed by atoms with Crippen molar-refractivity contribution >= 4 is 0 Å². The molecule has 0 heterocycles. The molecular formula is C14H20O2. The smallest absolute Gasteiger partial charge is 0.119 e. The number of aryl methyl sites for hydroxylation is 1. The van der Waals surface area contributed by atoms with E-state index >= 15 is 0 Å². The van der Waals surface area contributed by atoms with Gasteiger partial charge in [0.2, 0.25) is 0 Å². The first-order valence-corrected chi connectivity index (χ1v) is 5.86. The summed E-state index contributed by atoms with van der Waals surface area (Å²) in [5.41, 5.74) is 1.37. The van der Waals surface area contributed by atoms with Gasteiger partial charge >= 0.3 is 0 Å². The molecule has 2 heteroatoms. The molecule has 0 saturated heterocycles. The summed E-state index contributed by atoms with van der Waals surface area (Å²) < 4.78 is 11.2. The highest BCUT2D eigenvalue weighted by Gasteiger charge is 2.40. The lowest BCUT2D eigenvalue weighted by atomic mass is 9.72. The molecule has 16 heavy (non-hydrogen) atoms. The number of ether oxygens (including phenoxy) is 2. The lowest BCUT2D eigenvalue weighted by Crippen LogP contribution is -2.44. The van der Waals surface area contributed by atoms with Crippen LogP contribution in [-0.2, 0) is 4.74 Å². The molecule has 0 aromatic heterocycles. The van der Waals surface area contributed by atoms with Crippen LogP contribution >= 0.6 is 0 Å². The Morgan fingerprint density at radius 1 is 1.25 bits per heavy atom. The maximum Gasteiger partial charge on any atom is 0.119 e. The second-order valence-electron chi connectivity index (χ2n) is 5.05. The zero-order valence-corrected chi connectivity index (χ0v) is 10.3. The summed E-state index contributed by atoms with van der Waals surface area (Å²) in [7, 11) is 1.79. The normalized spacial score (nSPS) is 28.6. The molecule has 1 saturated carbocycles. The number of hydrogen-bond acceptors (Lipinski definition) is 2. The van der Waals surface area contributed by atoms with Gasteiger partial charge in [-0.25, -0.2) is 0 Å². The Bertz CT molecular complexity index is 336. The number of rotatable bonds is 4. The third-order valence-corrected chi connectivity index (χ3v) is 3.44. The fourth-order valence-corrected chi connectivity index (χ4v) is 2.29. The van der Waals surface area contributed by atoms with E-state index in [0.717, 1.165) is 25.2 Å². The van der Waals surface area contributed by atoms with Crippen molar-refractivity contribution in [2.75, 3.05) is 13.7 Å². The maximum absolute atomic E-state index is 5.75. The van der Waals surface area contributed by atoms with Gasteiger partial charge in [-0.05, 0) is 44.7 Å². The summed E-state index contributed by atoms with van der Waals surface area (Å²) in [4.78, 5) is 0. The molecule has 1 fully saturated rings. The van der Waals surface area contributed by atoms with E-state index in [2.05, 4.69) is 26.0 Å². The van der Waals surface area contributed by atoms with Crippen LogP contribution in [0, 0.1) is 12.8 Å². The summed E-state index contributed by atoms with van der Waals surface area (Å²) >= 11 is 0. The quantitative estimate of drug-likeness (QED) is 0.776. The molecule has 0 bridgehead atoms. The largest absolute Gasteiger partial charge is 0.493 e. The molecule has 1 aliphatic carbocycles. The van der Waals surface area contributed by atoms with Crippen molar-refractivity contribution < 1.29 is 9.47 Å². The van der Waals surface area contributed by atoms with Gasteiger partial charge in [-0.3, -0.25) is 0 Å². The van der Waals surface area contributed by atoms with E-state index in [0.29, 0.717) is 5.92 Å². The van der Waals surface area contributed by atoms with E-state index < -0.39 is 0 Å². The highest BCUT2D eigenvalue weighted by atomic mass is 16.5. The lowest BCUT2D eigenvalue weighted by molar-refractivity contribution is -0.0991. The maximum atomic E-state index is 5.75. The van der Waals surface area contributed by atoms with Crippen LogP contribution in [0.3, 0.4) is 0 Å². The minimum atomic E-state index is 0.0985. The first-order chi connectivity index (χ1) is 7.61. The topological polar surface area (TPSA) is 18.5 Å². The van der Waals surface area contributed by atoms with Gasteiger partial charge in [0.1, 0.15) is 5.75 Å². The standard InChI is InChI=1S/C14H20O2/c1-11-4-6-13(7-5-11)16-10-12-8-14(2,9-12)15-3/h4-7,12H,8-10H2,1-3H3. The molecular weight excluding hydrogens is 200 g/mol. The third-order valence-electron chi connectivity index (χ3n) is 3.44. The third kappa shape index (κ3) is 2.56. The SMILES string of the molecule is COC1(C)CC(COc2ccc(C)cc2)C1. The van der Waals surface area contributed by atoms with Crippen LogP contribution in [-0.4, -0.2) is 19.3 Å².